The van der Waals surface area contributed by atoms with E-state index >= 15 is 0 Å². The van der Waals surface area contributed by atoms with Crippen molar-refractivity contribution >= 4 is 27.5 Å². The second kappa shape index (κ2) is 9.35. The van der Waals surface area contributed by atoms with Gasteiger partial charge < -0.3 is 20.3 Å². The van der Waals surface area contributed by atoms with Gasteiger partial charge in [-0.3, -0.25) is 9.59 Å². The van der Waals surface area contributed by atoms with E-state index in [1.807, 2.05) is 18.7 Å². The molecule has 1 aliphatic heterocycles. The van der Waals surface area contributed by atoms with Gasteiger partial charge in [0, 0.05) is 38.9 Å². The molecule has 1 aromatic carbocycles. The first-order valence-corrected chi connectivity index (χ1v) is 10.5. The van der Waals surface area contributed by atoms with E-state index < -0.39 is 15.9 Å². The van der Waals surface area contributed by atoms with Gasteiger partial charge in [-0.15, -0.1) is 0 Å². The third-order valence-electron chi connectivity index (χ3n) is 4.20. The van der Waals surface area contributed by atoms with Crippen molar-refractivity contribution in [3.63, 3.8) is 0 Å². The number of sulfonamides is 1. The molecule has 0 radical (unpaired) electrons. The van der Waals surface area contributed by atoms with Gasteiger partial charge >= 0.3 is 0 Å². The lowest BCUT2D eigenvalue weighted by Gasteiger charge is -2.30. The number of amides is 2. The molecule has 28 heavy (non-hydrogen) atoms. The number of carbonyl (C=O) groups excluding carboxylic acids is 2. The molecule has 1 heterocycles. The maximum atomic E-state index is 12.8. The van der Waals surface area contributed by atoms with Crippen LogP contribution in [-0.2, 0) is 19.6 Å². The number of ether oxygens (including phenoxy) is 1. The Hall–Kier alpha value is -2.17. The summed E-state index contributed by atoms with van der Waals surface area (Å²) in [6.07, 6.45) is 0. The molecule has 0 saturated carbocycles. The number of carbonyl (C=O) groups is 2. The molecular formula is C18H28N4O5S. The molecule has 1 aromatic rings. The topological polar surface area (TPSA) is 108 Å². The lowest BCUT2D eigenvalue weighted by atomic mass is 10.1. The molecule has 2 N–H and O–H groups in total. The number of nitrogens with zero attached hydrogens (tertiary/aromatic N) is 2. The zero-order valence-electron chi connectivity index (χ0n) is 16.7. The number of benzene rings is 1. The van der Waals surface area contributed by atoms with Gasteiger partial charge in [0.05, 0.1) is 30.2 Å². The van der Waals surface area contributed by atoms with Crippen LogP contribution in [0.3, 0.4) is 0 Å². The van der Waals surface area contributed by atoms with Crippen LogP contribution in [0.1, 0.15) is 24.2 Å². The molecule has 0 spiro atoms. The Balaban J connectivity index is 2.33. The molecule has 1 saturated heterocycles. The summed E-state index contributed by atoms with van der Waals surface area (Å²) < 4.78 is 31.4. The molecule has 0 aliphatic carbocycles. The molecule has 156 valence electrons. The maximum absolute atomic E-state index is 12.8. The fourth-order valence-electron chi connectivity index (χ4n) is 2.78. The van der Waals surface area contributed by atoms with Crippen molar-refractivity contribution in [1.29, 1.82) is 0 Å². The molecule has 2 rings (SSSR count). The SMILES string of the molecule is CC(C)NC(=O)CNC(=O)c1cc(S(=O)(=O)N(C)C)ccc1N1CCOCC1. The molecule has 10 heteroatoms. The van der Waals surface area contributed by atoms with Gasteiger partial charge in [0.1, 0.15) is 0 Å². The van der Waals surface area contributed by atoms with Crippen LogP contribution in [0.2, 0.25) is 0 Å². The summed E-state index contributed by atoms with van der Waals surface area (Å²) in [4.78, 5) is 26.6. The second-order valence-electron chi connectivity index (χ2n) is 6.97. The van der Waals surface area contributed by atoms with E-state index in [1.165, 1.54) is 26.2 Å². The number of anilines is 1. The van der Waals surface area contributed by atoms with E-state index in [-0.39, 0.29) is 29.0 Å². The van der Waals surface area contributed by atoms with Crippen molar-refractivity contribution in [2.75, 3.05) is 51.8 Å². The second-order valence-corrected chi connectivity index (χ2v) is 9.12. The van der Waals surface area contributed by atoms with Crippen LogP contribution in [0.5, 0.6) is 0 Å². The molecule has 0 bridgehead atoms. The molecule has 1 fully saturated rings. The molecule has 9 nitrogen and oxygen atoms in total. The number of rotatable bonds is 7. The Labute approximate surface area is 166 Å². The highest BCUT2D eigenvalue weighted by molar-refractivity contribution is 7.89. The van der Waals surface area contributed by atoms with Crippen LogP contribution in [0.4, 0.5) is 5.69 Å². The summed E-state index contributed by atoms with van der Waals surface area (Å²) in [5, 5.41) is 5.27. The van der Waals surface area contributed by atoms with Gasteiger partial charge in [-0.1, -0.05) is 0 Å². The van der Waals surface area contributed by atoms with Gasteiger partial charge in [-0.2, -0.15) is 0 Å². The van der Waals surface area contributed by atoms with Crippen molar-refractivity contribution < 1.29 is 22.7 Å². The highest BCUT2D eigenvalue weighted by atomic mass is 32.2. The van der Waals surface area contributed by atoms with Crippen LogP contribution in [-0.4, -0.2) is 77.5 Å². The van der Waals surface area contributed by atoms with Gasteiger partial charge in [0.25, 0.3) is 5.91 Å². The fraction of sp³-hybridized carbons (Fsp3) is 0.556. The van der Waals surface area contributed by atoms with E-state index in [0.29, 0.717) is 32.0 Å². The largest absolute Gasteiger partial charge is 0.378 e. The fourth-order valence-corrected chi connectivity index (χ4v) is 3.71. The van der Waals surface area contributed by atoms with Crippen molar-refractivity contribution in [3.8, 4) is 0 Å². The maximum Gasteiger partial charge on any atom is 0.253 e. The average molecular weight is 413 g/mol. The van der Waals surface area contributed by atoms with Gasteiger partial charge in [-0.25, -0.2) is 12.7 Å². The monoisotopic (exact) mass is 412 g/mol. The van der Waals surface area contributed by atoms with Crippen molar-refractivity contribution in [2.24, 2.45) is 0 Å². The zero-order valence-corrected chi connectivity index (χ0v) is 17.5. The van der Waals surface area contributed by atoms with Crippen molar-refractivity contribution in [1.82, 2.24) is 14.9 Å². The van der Waals surface area contributed by atoms with Gasteiger partial charge in [0.2, 0.25) is 15.9 Å². The van der Waals surface area contributed by atoms with Crippen LogP contribution in [0.15, 0.2) is 23.1 Å². The third kappa shape index (κ3) is 5.43. The van der Waals surface area contributed by atoms with Crippen molar-refractivity contribution in [2.45, 2.75) is 24.8 Å². The summed E-state index contributed by atoms with van der Waals surface area (Å²) in [7, 11) is -0.833. The molecular weight excluding hydrogens is 384 g/mol. The zero-order chi connectivity index (χ0) is 20.9. The molecule has 0 unspecified atom stereocenters. The standard InChI is InChI=1S/C18H28N4O5S/c1-13(2)20-17(23)12-19-18(24)15-11-14(28(25,26)21(3)4)5-6-16(15)22-7-9-27-10-8-22/h5-6,11,13H,7-10,12H2,1-4H3,(H,19,24)(H,20,23). The van der Waals surface area contributed by atoms with Gasteiger partial charge in [0.15, 0.2) is 0 Å². The minimum Gasteiger partial charge on any atom is -0.378 e. The Morgan fingerprint density at radius 2 is 1.86 bits per heavy atom. The lowest BCUT2D eigenvalue weighted by Crippen LogP contribution is -2.41. The first-order valence-electron chi connectivity index (χ1n) is 9.09. The number of nitrogens with one attached hydrogen (secondary N) is 2. The molecule has 1 aliphatic rings. The summed E-state index contributed by atoms with van der Waals surface area (Å²) in [5.74, 6) is -0.815. The van der Waals surface area contributed by atoms with Crippen molar-refractivity contribution in [3.05, 3.63) is 23.8 Å². The van der Waals surface area contributed by atoms with E-state index in [0.717, 1.165) is 4.31 Å². The normalized spacial score (nSPS) is 15.0. The first kappa shape index (κ1) is 22.1. The van der Waals surface area contributed by atoms with Crippen LogP contribution >= 0.6 is 0 Å². The predicted molar refractivity (Wildman–Crippen MR) is 106 cm³/mol. The minimum absolute atomic E-state index is 0.0197. The van der Waals surface area contributed by atoms with E-state index in [1.54, 1.807) is 6.07 Å². The third-order valence-corrected chi connectivity index (χ3v) is 6.01. The van der Waals surface area contributed by atoms with Gasteiger partial charge in [-0.05, 0) is 32.0 Å². The Morgan fingerprint density at radius 3 is 2.43 bits per heavy atom. The quantitative estimate of drug-likeness (QED) is 0.654. The van der Waals surface area contributed by atoms with Crippen LogP contribution in [0.25, 0.3) is 0 Å². The summed E-state index contributed by atoms with van der Waals surface area (Å²) in [6.45, 7) is 5.69. The van der Waals surface area contributed by atoms with Crippen LogP contribution in [0, 0.1) is 0 Å². The molecule has 0 atom stereocenters. The Kier molecular flexibility index (Phi) is 7.39. The first-order chi connectivity index (χ1) is 13.1. The summed E-state index contributed by atoms with van der Waals surface area (Å²) in [6, 6.07) is 4.44. The number of hydrogen-bond donors (Lipinski definition) is 2. The molecule has 0 aromatic heterocycles. The predicted octanol–water partition coefficient (Wildman–Crippen LogP) is 0.0279. The van der Waals surface area contributed by atoms with E-state index in [2.05, 4.69) is 10.6 Å². The summed E-state index contributed by atoms with van der Waals surface area (Å²) >= 11 is 0. The molecule has 2 amide bonds. The highest BCUT2D eigenvalue weighted by Gasteiger charge is 2.24. The number of hydrogen-bond acceptors (Lipinski definition) is 6. The number of morpholine rings is 1. The van der Waals surface area contributed by atoms with Crippen LogP contribution < -0.4 is 15.5 Å². The van der Waals surface area contributed by atoms with E-state index in [9.17, 15) is 18.0 Å². The Bertz CT molecular complexity index is 817. The summed E-state index contributed by atoms with van der Waals surface area (Å²) in [5.41, 5.74) is 0.824. The Morgan fingerprint density at radius 1 is 1.21 bits per heavy atom. The van der Waals surface area contributed by atoms with E-state index in [4.69, 9.17) is 4.74 Å². The average Bonchev–Trinajstić information content (AvgIpc) is 2.65. The lowest BCUT2D eigenvalue weighted by molar-refractivity contribution is -0.120. The minimum atomic E-state index is -3.70. The smallest absolute Gasteiger partial charge is 0.253 e. The highest BCUT2D eigenvalue weighted by Crippen LogP contribution is 2.26.